The molecule has 28 heavy (non-hydrogen) atoms. The van der Waals surface area contributed by atoms with Crippen molar-refractivity contribution in [1.82, 2.24) is 10.6 Å². The van der Waals surface area contributed by atoms with Crippen molar-refractivity contribution in [3.8, 4) is 5.75 Å². The van der Waals surface area contributed by atoms with Gasteiger partial charge in [0.2, 0.25) is 0 Å². The number of guanidine groups is 1. The SMILES string of the molecule is CN=C(NCCOCCS(C)(=O)=O)NCc1ccc(OCC(F)(F)F)cc1.I. The van der Waals surface area contributed by atoms with Crippen LogP contribution in [0.15, 0.2) is 29.3 Å². The number of aliphatic imine (C=N–C) groups is 1. The number of hydrogen-bond acceptors (Lipinski definition) is 5. The monoisotopic (exact) mass is 539 g/mol. The van der Waals surface area contributed by atoms with Gasteiger partial charge in [-0.25, -0.2) is 8.42 Å². The van der Waals surface area contributed by atoms with Crippen molar-refractivity contribution < 1.29 is 31.1 Å². The van der Waals surface area contributed by atoms with Gasteiger partial charge in [-0.15, -0.1) is 24.0 Å². The van der Waals surface area contributed by atoms with Crippen LogP contribution in [-0.2, 0) is 21.1 Å². The number of hydrogen-bond donors (Lipinski definition) is 2. The molecule has 2 N–H and O–H groups in total. The number of alkyl halides is 3. The van der Waals surface area contributed by atoms with Gasteiger partial charge in [-0.05, 0) is 17.7 Å². The van der Waals surface area contributed by atoms with Gasteiger partial charge in [0.15, 0.2) is 12.6 Å². The topological polar surface area (TPSA) is 89.0 Å². The summed E-state index contributed by atoms with van der Waals surface area (Å²) < 4.78 is 68.1. The van der Waals surface area contributed by atoms with Crippen LogP contribution in [0.2, 0.25) is 0 Å². The van der Waals surface area contributed by atoms with E-state index in [2.05, 4.69) is 20.4 Å². The van der Waals surface area contributed by atoms with Crippen molar-refractivity contribution >= 4 is 39.8 Å². The predicted molar refractivity (Wildman–Crippen MR) is 112 cm³/mol. The second-order valence-electron chi connectivity index (χ2n) is 5.64. The molecule has 162 valence electrons. The highest BCUT2D eigenvalue weighted by Crippen LogP contribution is 2.18. The van der Waals surface area contributed by atoms with Gasteiger partial charge in [-0.1, -0.05) is 12.1 Å². The Labute approximate surface area is 180 Å². The van der Waals surface area contributed by atoms with Crippen LogP contribution in [0.1, 0.15) is 5.56 Å². The van der Waals surface area contributed by atoms with Gasteiger partial charge in [-0.2, -0.15) is 13.2 Å². The van der Waals surface area contributed by atoms with Crippen molar-refractivity contribution in [3.05, 3.63) is 29.8 Å². The minimum atomic E-state index is -4.37. The first-order valence-electron chi connectivity index (χ1n) is 8.07. The van der Waals surface area contributed by atoms with Gasteiger partial charge in [-0.3, -0.25) is 4.99 Å². The van der Waals surface area contributed by atoms with Crippen molar-refractivity contribution in [2.75, 3.05) is 45.4 Å². The van der Waals surface area contributed by atoms with Gasteiger partial charge in [0.25, 0.3) is 0 Å². The van der Waals surface area contributed by atoms with E-state index in [1.165, 1.54) is 12.1 Å². The molecule has 0 amide bonds. The Bertz CT molecular complexity index is 698. The number of rotatable bonds is 10. The smallest absolute Gasteiger partial charge is 0.422 e. The van der Waals surface area contributed by atoms with Gasteiger partial charge in [0, 0.05) is 26.4 Å². The van der Waals surface area contributed by atoms with E-state index in [-0.39, 0.29) is 42.1 Å². The average molecular weight is 539 g/mol. The third-order valence-corrected chi connectivity index (χ3v) is 4.05. The molecule has 1 rings (SSSR count). The Kier molecular flexibility index (Phi) is 12.4. The van der Waals surface area contributed by atoms with Gasteiger partial charge < -0.3 is 20.1 Å². The quantitative estimate of drug-likeness (QED) is 0.205. The first kappa shape index (κ1) is 26.7. The Morgan fingerprint density at radius 2 is 1.79 bits per heavy atom. The first-order chi connectivity index (χ1) is 12.6. The summed E-state index contributed by atoms with van der Waals surface area (Å²) >= 11 is 0. The average Bonchev–Trinajstić information content (AvgIpc) is 2.58. The summed E-state index contributed by atoms with van der Waals surface area (Å²) in [5, 5.41) is 6.04. The molecule has 0 aliphatic carbocycles. The van der Waals surface area contributed by atoms with E-state index in [0.29, 0.717) is 25.7 Å². The standard InChI is InChI=1S/C16H24F3N3O4S.HI/c1-20-15(21-7-8-25-9-10-27(2,23)24)22-11-13-3-5-14(6-4-13)26-12-16(17,18)19;/h3-6H,7-12H2,1-2H3,(H2,20,21,22);1H. The van der Waals surface area contributed by atoms with Crippen LogP contribution in [0.5, 0.6) is 5.75 Å². The van der Waals surface area contributed by atoms with Crippen LogP contribution >= 0.6 is 24.0 Å². The van der Waals surface area contributed by atoms with Crippen molar-refractivity contribution in [2.24, 2.45) is 4.99 Å². The molecule has 12 heteroatoms. The zero-order valence-corrected chi connectivity index (χ0v) is 18.7. The second-order valence-corrected chi connectivity index (χ2v) is 7.90. The van der Waals surface area contributed by atoms with Crippen LogP contribution in [0.4, 0.5) is 13.2 Å². The van der Waals surface area contributed by atoms with E-state index in [9.17, 15) is 21.6 Å². The van der Waals surface area contributed by atoms with Crippen molar-refractivity contribution in [3.63, 3.8) is 0 Å². The highest BCUT2D eigenvalue weighted by Gasteiger charge is 2.28. The minimum Gasteiger partial charge on any atom is -0.484 e. The van der Waals surface area contributed by atoms with Crippen LogP contribution in [0.3, 0.4) is 0 Å². The van der Waals surface area contributed by atoms with Gasteiger partial charge in [0.05, 0.1) is 19.0 Å². The molecule has 0 heterocycles. The number of sulfone groups is 1. The molecule has 0 radical (unpaired) electrons. The zero-order chi connectivity index (χ0) is 20.3. The van der Waals surface area contributed by atoms with Crippen LogP contribution in [-0.4, -0.2) is 66.0 Å². The highest BCUT2D eigenvalue weighted by molar-refractivity contribution is 14.0. The Hall–Kier alpha value is -1.28. The molecule has 0 unspecified atom stereocenters. The fourth-order valence-electron chi connectivity index (χ4n) is 1.83. The van der Waals surface area contributed by atoms with Gasteiger partial charge in [0.1, 0.15) is 15.6 Å². The fraction of sp³-hybridized carbons (Fsp3) is 0.562. The summed E-state index contributed by atoms with van der Waals surface area (Å²) in [6.07, 6.45) is -3.22. The van der Waals surface area contributed by atoms with E-state index in [1.807, 2.05) is 0 Å². The molecule has 0 saturated carbocycles. The van der Waals surface area contributed by atoms with E-state index in [4.69, 9.17) is 4.74 Å². The van der Waals surface area contributed by atoms with E-state index in [0.717, 1.165) is 11.8 Å². The number of ether oxygens (including phenoxy) is 2. The number of benzene rings is 1. The van der Waals surface area contributed by atoms with Crippen molar-refractivity contribution in [2.45, 2.75) is 12.7 Å². The molecule has 0 aliphatic rings. The molecule has 1 aromatic rings. The molecule has 0 spiro atoms. The lowest BCUT2D eigenvalue weighted by molar-refractivity contribution is -0.153. The second kappa shape index (κ2) is 13.0. The lowest BCUT2D eigenvalue weighted by Crippen LogP contribution is -2.38. The Morgan fingerprint density at radius 1 is 1.14 bits per heavy atom. The molecule has 0 bridgehead atoms. The molecule has 0 aliphatic heterocycles. The van der Waals surface area contributed by atoms with E-state index >= 15 is 0 Å². The summed E-state index contributed by atoms with van der Waals surface area (Å²) in [5.74, 6) is 0.631. The summed E-state index contributed by atoms with van der Waals surface area (Å²) in [6.45, 7) is -0.0218. The molecular formula is C16H25F3IN3O4S. The first-order valence-corrected chi connectivity index (χ1v) is 10.1. The van der Waals surface area contributed by atoms with E-state index < -0.39 is 22.6 Å². The van der Waals surface area contributed by atoms with Crippen molar-refractivity contribution in [1.29, 1.82) is 0 Å². The molecule has 0 saturated heterocycles. The maximum atomic E-state index is 12.1. The van der Waals surface area contributed by atoms with E-state index in [1.54, 1.807) is 19.2 Å². The van der Waals surface area contributed by atoms with Crippen LogP contribution in [0, 0.1) is 0 Å². The maximum absolute atomic E-state index is 12.1. The molecule has 0 atom stereocenters. The normalized spacial score (nSPS) is 12.2. The Morgan fingerprint density at radius 3 is 2.32 bits per heavy atom. The zero-order valence-electron chi connectivity index (χ0n) is 15.6. The molecule has 7 nitrogen and oxygen atoms in total. The van der Waals surface area contributed by atoms with Crippen LogP contribution in [0.25, 0.3) is 0 Å². The van der Waals surface area contributed by atoms with Gasteiger partial charge >= 0.3 is 6.18 Å². The molecule has 1 aromatic carbocycles. The molecule has 0 fully saturated rings. The third kappa shape index (κ3) is 13.8. The minimum absolute atomic E-state index is 0. The largest absolute Gasteiger partial charge is 0.484 e. The summed E-state index contributed by atoms with van der Waals surface area (Å²) in [7, 11) is -1.44. The predicted octanol–water partition coefficient (Wildman–Crippen LogP) is 1.97. The van der Waals surface area contributed by atoms with Crippen LogP contribution < -0.4 is 15.4 Å². The third-order valence-electron chi connectivity index (χ3n) is 3.15. The molecule has 0 aromatic heterocycles. The summed E-state index contributed by atoms with van der Waals surface area (Å²) in [6, 6.07) is 6.24. The number of nitrogens with one attached hydrogen (secondary N) is 2. The molecular weight excluding hydrogens is 514 g/mol. The summed E-state index contributed by atoms with van der Waals surface area (Å²) in [5.41, 5.74) is 0.835. The number of halogens is 4. The lowest BCUT2D eigenvalue weighted by atomic mass is 10.2. The summed E-state index contributed by atoms with van der Waals surface area (Å²) in [4.78, 5) is 4.03. The highest BCUT2D eigenvalue weighted by atomic mass is 127. The lowest BCUT2D eigenvalue weighted by Gasteiger charge is -2.13. The fourth-order valence-corrected chi connectivity index (χ4v) is 2.25. The Balaban J connectivity index is 0.00000729. The number of nitrogens with zero attached hydrogens (tertiary/aromatic N) is 1. The maximum Gasteiger partial charge on any atom is 0.422 e.